The van der Waals surface area contributed by atoms with Crippen molar-refractivity contribution in [2.45, 2.75) is 31.8 Å². The summed E-state index contributed by atoms with van der Waals surface area (Å²) >= 11 is 1.61. The molecule has 1 aliphatic heterocycles. The molecule has 1 amide bonds. The van der Waals surface area contributed by atoms with Crippen molar-refractivity contribution in [3.05, 3.63) is 51.4 Å². The molecule has 2 aliphatic rings. The Bertz CT molecular complexity index is 772. The lowest BCUT2D eigenvalue weighted by Gasteiger charge is -2.26. The second-order valence-corrected chi connectivity index (χ2v) is 6.74. The van der Waals surface area contributed by atoms with E-state index in [1.54, 1.807) is 11.3 Å². The summed E-state index contributed by atoms with van der Waals surface area (Å²) in [6.45, 7) is 0. The van der Waals surface area contributed by atoms with Gasteiger partial charge in [-0.3, -0.25) is 4.79 Å². The molecule has 0 spiro atoms. The number of amides is 1. The summed E-state index contributed by atoms with van der Waals surface area (Å²) in [4.78, 5) is 13.7. The minimum absolute atomic E-state index is 0.136. The molecule has 0 saturated carbocycles. The van der Waals surface area contributed by atoms with Gasteiger partial charge in [0.2, 0.25) is 0 Å². The Labute approximate surface area is 130 Å². The van der Waals surface area contributed by atoms with E-state index in [1.807, 2.05) is 0 Å². The number of rotatable bonds is 1. The summed E-state index contributed by atoms with van der Waals surface area (Å²) in [7, 11) is 0. The minimum Gasteiger partial charge on any atom is -0.353 e. The van der Waals surface area contributed by atoms with Crippen molar-refractivity contribution >= 4 is 22.2 Å². The Morgan fingerprint density at radius 1 is 1.09 bits per heavy atom. The zero-order valence-corrected chi connectivity index (χ0v) is 12.5. The van der Waals surface area contributed by atoms with E-state index < -0.39 is 17.8 Å². The van der Waals surface area contributed by atoms with Crippen LogP contribution in [0.15, 0.2) is 18.2 Å². The van der Waals surface area contributed by atoms with E-state index in [4.69, 9.17) is 0 Å². The van der Waals surface area contributed by atoms with Gasteiger partial charge < -0.3 is 10.6 Å². The van der Waals surface area contributed by atoms with Crippen molar-refractivity contribution in [3.63, 3.8) is 0 Å². The molecule has 0 radical (unpaired) electrons. The van der Waals surface area contributed by atoms with Crippen LogP contribution in [0.1, 0.15) is 45.4 Å². The van der Waals surface area contributed by atoms with E-state index >= 15 is 0 Å². The zero-order valence-electron chi connectivity index (χ0n) is 11.7. The SMILES string of the molecule is O=C1NC(c2ccc(F)c(F)c2)Nc2sc3c(c21)CCCC3. The predicted octanol–water partition coefficient (Wildman–Crippen LogP) is 3.76. The number of fused-ring (bicyclic) bond motifs is 3. The van der Waals surface area contributed by atoms with Crippen molar-refractivity contribution in [1.29, 1.82) is 0 Å². The summed E-state index contributed by atoms with van der Waals surface area (Å²) in [5.74, 6) is -1.94. The lowest BCUT2D eigenvalue weighted by molar-refractivity contribution is 0.0935. The summed E-state index contributed by atoms with van der Waals surface area (Å²) in [5.41, 5.74) is 2.39. The van der Waals surface area contributed by atoms with Crippen LogP contribution < -0.4 is 10.6 Å². The van der Waals surface area contributed by atoms with Gasteiger partial charge in [-0.05, 0) is 48.9 Å². The summed E-state index contributed by atoms with van der Waals surface area (Å²) in [6, 6.07) is 3.67. The molecule has 0 bridgehead atoms. The van der Waals surface area contributed by atoms with Gasteiger partial charge in [0, 0.05) is 4.88 Å². The zero-order chi connectivity index (χ0) is 15.3. The van der Waals surface area contributed by atoms with E-state index in [1.165, 1.54) is 10.9 Å². The third-order valence-corrected chi connectivity index (χ3v) is 5.45. The maximum absolute atomic E-state index is 13.4. The van der Waals surface area contributed by atoms with Gasteiger partial charge in [0.1, 0.15) is 11.2 Å². The van der Waals surface area contributed by atoms with Gasteiger partial charge in [-0.25, -0.2) is 8.78 Å². The molecule has 1 aliphatic carbocycles. The average molecular weight is 320 g/mol. The first-order valence-electron chi connectivity index (χ1n) is 7.30. The fraction of sp³-hybridized carbons (Fsp3) is 0.312. The van der Waals surface area contributed by atoms with Gasteiger partial charge in [-0.2, -0.15) is 0 Å². The van der Waals surface area contributed by atoms with Gasteiger partial charge in [0.25, 0.3) is 5.91 Å². The minimum atomic E-state index is -0.912. The fourth-order valence-electron chi connectivity index (χ4n) is 3.14. The van der Waals surface area contributed by atoms with E-state index in [0.717, 1.165) is 53.9 Å². The van der Waals surface area contributed by atoms with Crippen LogP contribution >= 0.6 is 11.3 Å². The smallest absolute Gasteiger partial charge is 0.256 e. The molecular weight excluding hydrogens is 306 g/mol. The fourth-order valence-corrected chi connectivity index (χ4v) is 4.45. The molecule has 1 atom stereocenters. The molecular formula is C16H14F2N2OS. The monoisotopic (exact) mass is 320 g/mol. The summed E-state index contributed by atoms with van der Waals surface area (Å²) in [6.07, 6.45) is 3.68. The van der Waals surface area contributed by atoms with Crippen LogP contribution in [0.4, 0.5) is 13.8 Å². The molecule has 1 unspecified atom stereocenters. The second-order valence-electron chi connectivity index (χ2n) is 5.64. The van der Waals surface area contributed by atoms with E-state index in [0.29, 0.717) is 5.56 Å². The Morgan fingerprint density at radius 2 is 1.91 bits per heavy atom. The standard InChI is InChI=1S/C16H14F2N2OS/c17-10-6-5-8(7-11(10)18)14-19-15(21)13-9-3-1-2-4-12(9)22-16(13)20-14/h5-7,14,20H,1-4H2,(H,19,21). The highest BCUT2D eigenvalue weighted by Gasteiger charge is 2.32. The molecule has 4 rings (SSSR count). The number of carbonyl (C=O) groups is 1. The lowest BCUT2D eigenvalue weighted by atomic mass is 9.94. The van der Waals surface area contributed by atoms with Crippen LogP contribution in [-0.2, 0) is 12.8 Å². The maximum atomic E-state index is 13.4. The molecule has 2 heterocycles. The van der Waals surface area contributed by atoms with Crippen LogP contribution in [0.2, 0.25) is 0 Å². The molecule has 2 N–H and O–H groups in total. The van der Waals surface area contributed by atoms with Crippen molar-refractivity contribution in [3.8, 4) is 0 Å². The molecule has 1 aromatic heterocycles. The summed E-state index contributed by atoms with van der Waals surface area (Å²) < 4.78 is 26.5. The molecule has 0 saturated heterocycles. The normalized spacial score (nSPS) is 19.9. The highest BCUT2D eigenvalue weighted by atomic mass is 32.1. The number of anilines is 1. The molecule has 0 fully saturated rings. The largest absolute Gasteiger partial charge is 0.353 e. The third kappa shape index (κ3) is 2.09. The lowest BCUT2D eigenvalue weighted by Crippen LogP contribution is -2.38. The van der Waals surface area contributed by atoms with Crippen molar-refractivity contribution in [2.75, 3.05) is 5.32 Å². The van der Waals surface area contributed by atoms with Gasteiger partial charge in [0.05, 0.1) is 5.56 Å². The first-order chi connectivity index (χ1) is 10.6. The Hall–Kier alpha value is -1.95. The van der Waals surface area contributed by atoms with Crippen LogP contribution in [0.25, 0.3) is 0 Å². The number of nitrogens with one attached hydrogen (secondary N) is 2. The van der Waals surface area contributed by atoms with Gasteiger partial charge in [0.15, 0.2) is 11.6 Å². The molecule has 3 nitrogen and oxygen atoms in total. The number of aryl methyl sites for hydroxylation is 1. The van der Waals surface area contributed by atoms with E-state index in [2.05, 4.69) is 10.6 Å². The number of carbonyl (C=O) groups excluding carboxylic acids is 1. The van der Waals surface area contributed by atoms with E-state index in [-0.39, 0.29) is 5.91 Å². The Balaban J connectivity index is 1.71. The van der Waals surface area contributed by atoms with Crippen LogP contribution in [0.5, 0.6) is 0 Å². The summed E-state index contributed by atoms with van der Waals surface area (Å²) in [5, 5.41) is 6.92. The Kier molecular flexibility index (Phi) is 3.14. The number of hydrogen-bond acceptors (Lipinski definition) is 3. The van der Waals surface area contributed by atoms with Crippen molar-refractivity contribution in [2.24, 2.45) is 0 Å². The first kappa shape index (κ1) is 13.7. The molecule has 2 aromatic rings. The predicted molar refractivity (Wildman–Crippen MR) is 81.1 cm³/mol. The van der Waals surface area contributed by atoms with Gasteiger partial charge >= 0.3 is 0 Å². The number of thiophene rings is 1. The van der Waals surface area contributed by atoms with Gasteiger partial charge in [-0.1, -0.05) is 6.07 Å². The Morgan fingerprint density at radius 3 is 2.73 bits per heavy atom. The quantitative estimate of drug-likeness (QED) is 0.840. The van der Waals surface area contributed by atoms with Crippen LogP contribution in [0, 0.1) is 11.6 Å². The van der Waals surface area contributed by atoms with Crippen LogP contribution in [0.3, 0.4) is 0 Å². The van der Waals surface area contributed by atoms with Gasteiger partial charge in [-0.15, -0.1) is 11.3 Å². The third-order valence-electron chi connectivity index (χ3n) is 4.23. The van der Waals surface area contributed by atoms with Crippen molar-refractivity contribution < 1.29 is 13.6 Å². The molecule has 6 heteroatoms. The topological polar surface area (TPSA) is 41.1 Å². The molecule has 22 heavy (non-hydrogen) atoms. The molecule has 1 aromatic carbocycles. The number of halogens is 2. The highest BCUT2D eigenvalue weighted by molar-refractivity contribution is 7.16. The average Bonchev–Trinajstić information content (AvgIpc) is 2.88. The molecule has 114 valence electrons. The van der Waals surface area contributed by atoms with Crippen molar-refractivity contribution in [1.82, 2.24) is 5.32 Å². The van der Waals surface area contributed by atoms with E-state index in [9.17, 15) is 13.6 Å². The van der Waals surface area contributed by atoms with Crippen LogP contribution in [-0.4, -0.2) is 5.91 Å². The maximum Gasteiger partial charge on any atom is 0.256 e. The second kappa shape index (κ2) is 5.05. The highest BCUT2D eigenvalue weighted by Crippen LogP contribution is 2.41. The number of benzene rings is 1. The number of hydrogen-bond donors (Lipinski definition) is 2. The first-order valence-corrected chi connectivity index (χ1v) is 8.12.